The second-order valence-electron chi connectivity index (χ2n) is 5.84. The van der Waals surface area contributed by atoms with E-state index in [0.29, 0.717) is 35.8 Å². The maximum Gasteiger partial charge on any atom is 0.248 e. The normalized spacial score (nSPS) is 10.8. The molecule has 2 rings (SSSR count). The van der Waals surface area contributed by atoms with E-state index in [9.17, 15) is 14.0 Å². The van der Waals surface area contributed by atoms with Gasteiger partial charge in [-0.2, -0.15) is 0 Å². The molecule has 0 atom stereocenters. The monoisotopic (exact) mass is 377 g/mol. The molecule has 5 nitrogen and oxygen atoms in total. The Balaban J connectivity index is 1.86. The highest BCUT2D eigenvalue weighted by atomic mass is 35.5. The smallest absolute Gasteiger partial charge is 0.248 e. The van der Waals surface area contributed by atoms with Crippen LogP contribution in [0.1, 0.15) is 29.3 Å². The predicted octanol–water partition coefficient (Wildman–Crippen LogP) is 3.43. The van der Waals surface area contributed by atoms with E-state index in [4.69, 9.17) is 17.3 Å². The molecule has 0 aromatic heterocycles. The van der Waals surface area contributed by atoms with Crippen LogP contribution in [0.25, 0.3) is 0 Å². The summed E-state index contributed by atoms with van der Waals surface area (Å²) in [4.78, 5) is 25.2. The lowest BCUT2D eigenvalue weighted by Crippen LogP contribution is -2.27. The summed E-state index contributed by atoms with van der Waals surface area (Å²) in [6.07, 6.45) is 0.296. The number of carbonyl (C=O) groups excluding carboxylic acids is 2. The van der Waals surface area contributed by atoms with Crippen LogP contribution < -0.4 is 11.1 Å². The number of nitrogens with zero attached hydrogens (tertiary/aromatic N) is 1. The van der Waals surface area contributed by atoms with Gasteiger partial charge in [0.1, 0.15) is 5.82 Å². The third-order valence-corrected chi connectivity index (χ3v) is 4.32. The Morgan fingerprint density at radius 1 is 1.19 bits per heavy atom. The van der Waals surface area contributed by atoms with Crippen LogP contribution in [0.3, 0.4) is 0 Å². The van der Waals surface area contributed by atoms with E-state index in [1.807, 2.05) is 6.92 Å². The molecule has 2 aromatic carbocycles. The van der Waals surface area contributed by atoms with Gasteiger partial charge in [0.05, 0.1) is 0 Å². The maximum atomic E-state index is 13.1. The van der Waals surface area contributed by atoms with E-state index < -0.39 is 5.91 Å². The molecule has 0 bridgehead atoms. The van der Waals surface area contributed by atoms with Crippen LogP contribution in [0.2, 0.25) is 5.02 Å². The van der Waals surface area contributed by atoms with Crippen LogP contribution >= 0.6 is 11.6 Å². The van der Waals surface area contributed by atoms with Crippen molar-refractivity contribution < 1.29 is 14.0 Å². The minimum Gasteiger partial charge on any atom is -0.366 e. The van der Waals surface area contributed by atoms with Gasteiger partial charge < -0.3 is 11.1 Å². The Morgan fingerprint density at radius 3 is 2.46 bits per heavy atom. The van der Waals surface area contributed by atoms with Gasteiger partial charge in [-0.05, 0) is 48.5 Å². The number of benzene rings is 2. The summed E-state index contributed by atoms with van der Waals surface area (Å²) in [6.45, 7) is 3.79. The predicted molar refractivity (Wildman–Crippen MR) is 101 cm³/mol. The van der Waals surface area contributed by atoms with Crippen LogP contribution in [0.15, 0.2) is 42.5 Å². The van der Waals surface area contributed by atoms with Gasteiger partial charge in [-0.25, -0.2) is 4.39 Å². The second-order valence-corrected chi connectivity index (χ2v) is 6.25. The van der Waals surface area contributed by atoms with Crippen LogP contribution in [-0.2, 0) is 11.3 Å². The highest BCUT2D eigenvalue weighted by Crippen LogP contribution is 2.19. The molecule has 0 aliphatic carbocycles. The van der Waals surface area contributed by atoms with E-state index in [1.54, 1.807) is 30.3 Å². The first-order valence-electron chi connectivity index (χ1n) is 8.25. The number of hydrogen-bond donors (Lipinski definition) is 2. The lowest BCUT2D eigenvalue weighted by Gasteiger charge is -2.21. The number of nitrogens with one attached hydrogen (secondary N) is 1. The Hall–Kier alpha value is -2.44. The molecule has 2 amide bonds. The number of nitrogens with two attached hydrogens (primary N) is 1. The molecule has 2 aromatic rings. The number of amides is 2. The van der Waals surface area contributed by atoms with Crippen molar-refractivity contribution in [1.82, 2.24) is 4.90 Å². The fraction of sp³-hybridized carbons (Fsp3) is 0.263. The van der Waals surface area contributed by atoms with Crippen molar-refractivity contribution in [2.45, 2.75) is 19.9 Å². The van der Waals surface area contributed by atoms with Crippen molar-refractivity contribution in [3.8, 4) is 0 Å². The van der Waals surface area contributed by atoms with Gasteiger partial charge in [0.25, 0.3) is 0 Å². The fourth-order valence-electron chi connectivity index (χ4n) is 2.44. The van der Waals surface area contributed by atoms with E-state index in [-0.39, 0.29) is 11.7 Å². The topological polar surface area (TPSA) is 75.4 Å². The Bertz CT molecular complexity index is 781. The molecule has 0 heterocycles. The van der Waals surface area contributed by atoms with Gasteiger partial charge in [0, 0.05) is 35.8 Å². The van der Waals surface area contributed by atoms with Gasteiger partial charge >= 0.3 is 0 Å². The Morgan fingerprint density at radius 2 is 1.88 bits per heavy atom. The molecule has 0 aliphatic rings. The van der Waals surface area contributed by atoms with Crippen molar-refractivity contribution >= 4 is 29.1 Å². The SMILES string of the molecule is CCN(CCC(=O)Nc1ccc(C(N)=O)cc1)Cc1ccc(F)cc1Cl. The summed E-state index contributed by atoms with van der Waals surface area (Å²) in [5.41, 5.74) is 6.99. The van der Waals surface area contributed by atoms with E-state index >= 15 is 0 Å². The number of halogens is 2. The maximum absolute atomic E-state index is 13.1. The Kier molecular flexibility index (Phi) is 7.12. The molecule has 7 heteroatoms. The molecular formula is C19H21ClFN3O2. The van der Waals surface area contributed by atoms with Crippen molar-refractivity contribution in [2.75, 3.05) is 18.4 Å². The Labute approximate surface area is 156 Å². The first-order valence-corrected chi connectivity index (χ1v) is 8.63. The minimum atomic E-state index is -0.513. The largest absolute Gasteiger partial charge is 0.366 e. The molecule has 0 spiro atoms. The van der Waals surface area contributed by atoms with Crippen LogP contribution in [0.4, 0.5) is 10.1 Å². The van der Waals surface area contributed by atoms with Crippen molar-refractivity contribution in [1.29, 1.82) is 0 Å². The number of primary amides is 1. The van der Waals surface area contributed by atoms with Crippen molar-refractivity contribution in [3.63, 3.8) is 0 Å². The molecule has 0 saturated heterocycles. The summed E-state index contributed by atoms with van der Waals surface area (Å²) < 4.78 is 13.1. The zero-order valence-electron chi connectivity index (χ0n) is 14.5. The number of carbonyl (C=O) groups is 2. The molecule has 0 aliphatic heterocycles. The zero-order chi connectivity index (χ0) is 19.1. The minimum absolute atomic E-state index is 0.138. The molecule has 0 unspecified atom stereocenters. The molecule has 138 valence electrons. The molecular weight excluding hydrogens is 357 g/mol. The first kappa shape index (κ1) is 19.9. The van der Waals surface area contributed by atoms with Gasteiger partial charge in [-0.1, -0.05) is 24.6 Å². The lowest BCUT2D eigenvalue weighted by molar-refractivity contribution is -0.116. The summed E-state index contributed by atoms with van der Waals surface area (Å²) in [5.74, 6) is -1.02. The fourth-order valence-corrected chi connectivity index (χ4v) is 2.67. The molecule has 0 radical (unpaired) electrons. The number of anilines is 1. The highest BCUT2D eigenvalue weighted by molar-refractivity contribution is 6.31. The van der Waals surface area contributed by atoms with Crippen LogP contribution in [-0.4, -0.2) is 29.8 Å². The van der Waals surface area contributed by atoms with E-state index in [2.05, 4.69) is 10.2 Å². The lowest BCUT2D eigenvalue weighted by atomic mass is 10.2. The molecule has 0 saturated carbocycles. The second kappa shape index (κ2) is 9.31. The molecule has 26 heavy (non-hydrogen) atoms. The zero-order valence-corrected chi connectivity index (χ0v) is 15.2. The van der Waals surface area contributed by atoms with E-state index in [0.717, 1.165) is 12.1 Å². The van der Waals surface area contributed by atoms with Gasteiger partial charge in [0.2, 0.25) is 11.8 Å². The molecule has 3 N–H and O–H groups in total. The number of hydrogen-bond acceptors (Lipinski definition) is 3. The van der Waals surface area contributed by atoms with E-state index in [1.165, 1.54) is 12.1 Å². The summed E-state index contributed by atoms with van der Waals surface area (Å²) in [6, 6.07) is 10.7. The van der Waals surface area contributed by atoms with Crippen molar-refractivity contribution in [2.24, 2.45) is 5.73 Å². The third-order valence-electron chi connectivity index (χ3n) is 3.96. The quantitative estimate of drug-likeness (QED) is 0.740. The molecule has 0 fully saturated rings. The average molecular weight is 378 g/mol. The van der Waals surface area contributed by atoms with Crippen LogP contribution in [0.5, 0.6) is 0 Å². The van der Waals surface area contributed by atoms with Crippen molar-refractivity contribution in [3.05, 3.63) is 64.4 Å². The van der Waals surface area contributed by atoms with Gasteiger partial charge in [0.15, 0.2) is 0 Å². The van der Waals surface area contributed by atoms with Gasteiger partial charge in [-0.15, -0.1) is 0 Å². The first-order chi connectivity index (χ1) is 12.4. The number of rotatable bonds is 8. The van der Waals surface area contributed by atoms with Gasteiger partial charge in [-0.3, -0.25) is 14.5 Å². The third kappa shape index (κ3) is 5.82. The summed E-state index contributed by atoms with van der Waals surface area (Å²) >= 11 is 6.06. The standard InChI is InChI=1S/C19H21ClFN3O2/c1-2-24(12-14-3-6-15(21)11-17(14)20)10-9-18(25)23-16-7-4-13(5-8-16)19(22)26/h3-8,11H,2,9-10,12H2,1H3,(H2,22,26)(H,23,25). The summed E-state index contributed by atoms with van der Waals surface area (Å²) in [7, 11) is 0. The average Bonchev–Trinajstić information content (AvgIpc) is 2.60. The summed E-state index contributed by atoms with van der Waals surface area (Å²) in [5, 5.41) is 3.15. The van der Waals surface area contributed by atoms with Crippen LogP contribution in [0, 0.1) is 5.82 Å². The highest BCUT2D eigenvalue weighted by Gasteiger charge is 2.11.